The van der Waals surface area contributed by atoms with Gasteiger partial charge in [-0.2, -0.15) is 0 Å². The van der Waals surface area contributed by atoms with Crippen LogP contribution in [0.2, 0.25) is 0 Å². The second kappa shape index (κ2) is 44.5. The first kappa shape index (κ1) is 89.8. The zero-order valence-electron chi connectivity index (χ0n) is 62.9. The number of rotatable bonds is 27. The Bertz CT molecular complexity index is 3150. The lowest BCUT2D eigenvalue weighted by molar-refractivity contribution is -0.158. The molecule has 0 aliphatic carbocycles. The van der Waals surface area contributed by atoms with Crippen LogP contribution >= 0.6 is 0 Å². The van der Waals surface area contributed by atoms with Crippen molar-refractivity contribution in [2.45, 2.75) is 256 Å². The number of aliphatic hydroxyl groups is 3. The van der Waals surface area contributed by atoms with Gasteiger partial charge in [0, 0.05) is 19.5 Å². The Kier molecular flexibility index (Phi) is 37.7. The van der Waals surface area contributed by atoms with Gasteiger partial charge in [0.1, 0.15) is 90.4 Å². The van der Waals surface area contributed by atoms with E-state index in [0.29, 0.717) is 31.2 Å². The molecular formula is C71H118N16O19. The molecule has 0 bridgehead atoms. The van der Waals surface area contributed by atoms with Crippen molar-refractivity contribution < 1.29 is 92.3 Å². The zero-order chi connectivity index (χ0) is 79.2. The molecule has 3 fully saturated rings. The van der Waals surface area contributed by atoms with E-state index in [1.807, 2.05) is 0 Å². The smallest absolute Gasteiger partial charge is 0.329 e. The minimum atomic E-state index is -1.98. The van der Waals surface area contributed by atoms with Gasteiger partial charge in [0.2, 0.25) is 76.8 Å². The summed E-state index contributed by atoms with van der Waals surface area (Å²) in [6.45, 7) is 14.0. The first-order chi connectivity index (χ1) is 50.2. The average molecular weight is 1500 g/mol. The van der Waals surface area contributed by atoms with E-state index in [4.69, 9.17) is 21.9 Å². The number of benzene rings is 1. The number of ether oxygens (including phenoxy) is 1. The number of nitrogens with zero attached hydrogens (tertiary/aromatic N) is 2. The molecular weight excluding hydrogens is 1380 g/mol. The topological polar surface area (TPSA) is 546 Å². The Hall–Kier alpha value is -8.64. The maximum absolute atomic E-state index is 15.1. The molecule has 3 aliphatic rings. The lowest BCUT2D eigenvalue weighted by Gasteiger charge is -2.35. The molecule has 106 heavy (non-hydrogen) atoms. The van der Waals surface area contributed by atoms with Crippen LogP contribution in [0, 0.1) is 23.7 Å². The van der Waals surface area contributed by atoms with Crippen LogP contribution in [0.15, 0.2) is 24.3 Å². The molecule has 0 spiro atoms. The fourth-order valence-electron chi connectivity index (χ4n) is 12.6. The summed E-state index contributed by atoms with van der Waals surface area (Å²) in [6, 6.07) is -14.3. The number of hydrogen-bond acceptors (Lipinski definition) is 22. The van der Waals surface area contributed by atoms with E-state index in [0.717, 1.165) is 0 Å². The van der Waals surface area contributed by atoms with E-state index in [1.165, 1.54) is 47.9 Å². The van der Waals surface area contributed by atoms with Crippen molar-refractivity contribution >= 4 is 82.8 Å². The molecule has 596 valence electrons. The second-order valence-corrected chi connectivity index (χ2v) is 28.4. The molecule has 1 aromatic rings. The molecule has 3 heterocycles. The van der Waals surface area contributed by atoms with Crippen LogP contribution in [0.5, 0.6) is 5.75 Å². The number of hydrogen-bond donors (Lipinski definition) is 18. The molecule has 0 aromatic heterocycles. The van der Waals surface area contributed by atoms with E-state index in [-0.39, 0.29) is 109 Å². The highest BCUT2D eigenvalue weighted by Crippen LogP contribution is 2.26. The van der Waals surface area contributed by atoms with Crippen molar-refractivity contribution in [1.82, 2.24) is 68.3 Å². The summed E-state index contributed by atoms with van der Waals surface area (Å²) in [5.74, 6) is -15.9. The lowest BCUT2D eigenvalue weighted by Crippen LogP contribution is -2.63. The Balaban J connectivity index is 1.92. The summed E-state index contributed by atoms with van der Waals surface area (Å²) in [7, 11) is 0. The van der Waals surface area contributed by atoms with Gasteiger partial charge in [-0.15, -0.1) is 0 Å². The van der Waals surface area contributed by atoms with Crippen molar-refractivity contribution in [2.24, 2.45) is 40.9 Å². The number of phenolic OH excluding ortho intramolecular Hbond substituents is 1. The minimum Gasteiger partial charge on any atom is -0.508 e. The number of aliphatic hydroxyl groups excluding tert-OH is 3. The van der Waals surface area contributed by atoms with E-state index >= 15 is 4.79 Å². The number of carbonyl (C=O) groups excluding carboxylic acids is 14. The Morgan fingerprint density at radius 2 is 0.962 bits per heavy atom. The molecule has 4 rings (SSSR count). The van der Waals surface area contributed by atoms with Crippen molar-refractivity contribution in [2.75, 3.05) is 45.9 Å². The molecule has 35 heteroatoms. The molecule has 0 saturated carbocycles. The van der Waals surface area contributed by atoms with Crippen LogP contribution in [0.25, 0.3) is 0 Å². The summed E-state index contributed by atoms with van der Waals surface area (Å²) < 4.78 is 6.04. The molecule has 13 amide bonds. The van der Waals surface area contributed by atoms with E-state index in [1.54, 1.807) is 55.4 Å². The van der Waals surface area contributed by atoms with Crippen LogP contribution in [-0.2, 0) is 78.3 Å². The number of aromatic hydroxyl groups is 1. The number of amides is 13. The Morgan fingerprint density at radius 1 is 0.547 bits per heavy atom. The lowest BCUT2D eigenvalue weighted by atomic mass is 9.95. The third-order valence-electron chi connectivity index (χ3n) is 19.7. The highest BCUT2D eigenvalue weighted by Gasteiger charge is 2.46. The van der Waals surface area contributed by atoms with Gasteiger partial charge in [0.05, 0.1) is 25.7 Å². The Labute approximate surface area is 619 Å². The van der Waals surface area contributed by atoms with Gasteiger partial charge in [-0.1, -0.05) is 86.8 Å². The molecule has 3 aliphatic heterocycles. The Morgan fingerprint density at radius 3 is 1.42 bits per heavy atom. The fourth-order valence-corrected chi connectivity index (χ4v) is 12.6. The molecule has 1 aromatic carbocycles. The van der Waals surface area contributed by atoms with E-state index < -0.39 is 210 Å². The summed E-state index contributed by atoms with van der Waals surface area (Å²) in [5.41, 5.74) is 17.9. The standard InChI is InChI=1S/C71H118N16O19/c1-11-38(6)55-69(103)86-31-17-22-51(86)65(99)83-56(39(7)12-2)70(104)87-32-18-23-52(87)66(100)84-57(40(8)13-3)71(105)106-42(10)58(85-67(101)54(37(4)5)81-61(95)45(19-14-28-72)75-53(92)33-41(9)90)68(102)77-47(21-16-30-74)60(94)79-49(35-88)63(97)78-48(34-43-24-26-44(91)27-25-43)62(96)76-46(20-15-29-73)59(93)80-50(36-89)64(98)82-55/h24-27,37-42,45-52,54-58,88-91H,11-23,28-36,72-74H2,1-10H3,(H,75,92)(H,76,96)(H,77,102)(H,78,97)(H,79,94)(H,80,93)(H,81,95)(H,82,98)(H,83,99)(H,84,100)(H,85,101)/t38?,39?,40?,41?,42?,45-,46-,47-,48+,49+,50-,51?,52+,54+,55-,56+,57+,58+/m1/s1. The SMILES string of the molecule is CCC(C)[C@@H]1NC(=O)[C@@H]2CCCN2C(=O)[C@H](C(C)CC)NC(=O)C2CCCN2C(=O)[C@@H](C(C)CC)NC(=O)[C@@H](CO)NC(=O)[C@@H](CCCN)NC(=O)[C@H](Cc2ccc(O)cc2)NC(=O)[C@H](CO)NC(=O)[C@@H](CCCN)NC(=O)[C@@H](NC(=O)[C@@H](NC(=O)[C@@H](CCCN)NC(=O)CC(C)O)C(C)C)C(C)OC1=O. The monoisotopic (exact) mass is 1500 g/mol. The van der Waals surface area contributed by atoms with Crippen LogP contribution in [0.1, 0.15) is 165 Å². The quantitative estimate of drug-likeness (QED) is 0.0373. The van der Waals surface area contributed by atoms with Gasteiger partial charge in [0.25, 0.3) is 0 Å². The summed E-state index contributed by atoms with van der Waals surface area (Å²) in [4.78, 5) is 206. The maximum atomic E-state index is 15.1. The first-order valence-corrected chi connectivity index (χ1v) is 37.2. The first-order valence-electron chi connectivity index (χ1n) is 37.2. The normalized spacial score (nSPS) is 26.6. The van der Waals surface area contributed by atoms with Gasteiger partial charge in [0.15, 0.2) is 0 Å². The predicted octanol–water partition coefficient (Wildman–Crippen LogP) is -4.04. The highest BCUT2D eigenvalue weighted by atomic mass is 16.5. The number of carbonyl (C=O) groups is 14. The van der Waals surface area contributed by atoms with Crippen molar-refractivity contribution in [3.05, 3.63) is 29.8 Å². The summed E-state index contributed by atoms with van der Waals surface area (Å²) in [5, 5.41) is 70.0. The number of nitrogens with two attached hydrogens (primary N) is 3. The highest BCUT2D eigenvalue weighted by molar-refractivity contribution is 6.01. The van der Waals surface area contributed by atoms with E-state index in [9.17, 15) is 82.8 Å². The molecule has 18 atom stereocenters. The molecule has 3 saturated heterocycles. The third-order valence-corrected chi connectivity index (χ3v) is 19.7. The molecule has 21 N–H and O–H groups in total. The zero-order valence-corrected chi connectivity index (χ0v) is 62.9. The average Bonchev–Trinajstić information content (AvgIpc) is 1.59. The van der Waals surface area contributed by atoms with Crippen LogP contribution in [0.4, 0.5) is 0 Å². The fraction of sp³-hybridized carbons (Fsp3) is 0.718. The van der Waals surface area contributed by atoms with Gasteiger partial charge < -0.3 is 111 Å². The van der Waals surface area contributed by atoms with Crippen LogP contribution in [0.3, 0.4) is 0 Å². The number of esters is 1. The maximum Gasteiger partial charge on any atom is 0.329 e. The number of cyclic esters (lactones) is 1. The van der Waals surface area contributed by atoms with Gasteiger partial charge in [-0.25, -0.2) is 4.79 Å². The van der Waals surface area contributed by atoms with Crippen LogP contribution in [-0.4, -0.2) is 250 Å². The molecule has 35 nitrogen and oxygen atoms in total. The second-order valence-electron chi connectivity index (χ2n) is 28.4. The molecule has 6 unspecified atom stereocenters. The third kappa shape index (κ3) is 26.4. The predicted molar refractivity (Wildman–Crippen MR) is 387 cm³/mol. The van der Waals surface area contributed by atoms with Gasteiger partial charge in [-0.05, 0) is 139 Å². The summed E-state index contributed by atoms with van der Waals surface area (Å²) in [6.07, 6.45) is -1.77. The number of phenols is 1. The number of nitrogens with one attached hydrogen (secondary N) is 11. The minimum absolute atomic E-state index is 0.00596. The largest absolute Gasteiger partial charge is 0.508 e. The van der Waals surface area contributed by atoms with Crippen molar-refractivity contribution in [3.8, 4) is 5.75 Å². The van der Waals surface area contributed by atoms with Crippen molar-refractivity contribution in [3.63, 3.8) is 0 Å². The van der Waals surface area contributed by atoms with Crippen LogP contribution < -0.4 is 75.7 Å². The van der Waals surface area contributed by atoms with Gasteiger partial charge in [-0.3, -0.25) is 62.3 Å². The van der Waals surface area contributed by atoms with Crippen molar-refractivity contribution in [1.29, 1.82) is 0 Å². The number of fused-ring (bicyclic) bond motifs is 2. The summed E-state index contributed by atoms with van der Waals surface area (Å²) >= 11 is 0. The van der Waals surface area contributed by atoms with Gasteiger partial charge >= 0.3 is 5.97 Å². The molecule has 0 radical (unpaired) electrons. The van der Waals surface area contributed by atoms with E-state index in [2.05, 4.69) is 58.5 Å².